The van der Waals surface area contributed by atoms with E-state index in [0.717, 1.165) is 24.9 Å². The van der Waals surface area contributed by atoms with Crippen molar-refractivity contribution in [1.29, 1.82) is 0 Å². The fraction of sp³-hybridized carbons (Fsp3) is 0.500. The van der Waals surface area contributed by atoms with Gasteiger partial charge in [-0.3, -0.25) is 0 Å². The van der Waals surface area contributed by atoms with Crippen molar-refractivity contribution in [2.75, 3.05) is 5.32 Å². The number of urea groups is 1. The highest BCUT2D eigenvalue weighted by molar-refractivity contribution is 5.89. The van der Waals surface area contributed by atoms with E-state index in [-0.39, 0.29) is 11.6 Å². The van der Waals surface area contributed by atoms with Gasteiger partial charge in [-0.05, 0) is 31.9 Å². The van der Waals surface area contributed by atoms with Gasteiger partial charge in [0.15, 0.2) is 0 Å². The van der Waals surface area contributed by atoms with Crippen molar-refractivity contribution in [2.24, 2.45) is 0 Å². The van der Waals surface area contributed by atoms with E-state index in [0.29, 0.717) is 0 Å². The lowest BCUT2D eigenvalue weighted by Gasteiger charge is -2.29. The zero-order valence-electron chi connectivity index (χ0n) is 10.9. The molecule has 3 nitrogen and oxygen atoms in total. The van der Waals surface area contributed by atoms with Crippen molar-refractivity contribution in [2.45, 2.75) is 45.6 Å². The standard InChI is InChI=1S/C14H22N2O/c1-4-11-14(3,5-2)16-13(17)15-12-9-7-6-8-10-12/h6-10H,4-5,11H2,1-3H3,(H2,15,16,17). The molecule has 0 aliphatic rings. The zero-order chi connectivity index (χ0) is 12.7. The van der Waals surface area contributed by atoms with E-state index < -0.39 is 0 Å². The average Bonchev–Trinajstić information content (AvgIpc) is 2.30. The van der Waals surface area contributed by atoms with Crippen LogP contribution in [0, 0.1) is 0 Å². The predicted molar refractivity (Wildman–Crippen MR) is 72.2 cm³/mol. The first kappa shape index (κ1) is 13.6. The second-order valence-electron chi connectivity index (χ2n) is 4.61. The predicted octanol–water partition coefficient (Wildman–Crippen LogP) is 3.78. The van der Waals surface area contributed by atoms with Crippen molar-refractivity contribution >= 4 is 11.7 Å². The van der Waals surface area contributed by atoms with E-state index in [1.54, 1.807) is 0 Å². The molecule has 0 fully saturated rings. The number of para-hydroxylation sites is 1. The normalized spacial score (nSPS) is 13.8. The molecule has 1 atom stereocenters. The molecule has 0 saturated carbocycles. The molecule has 0 heterocycles. The third kappa shape index (κ3) is 4.47. The van der Waals surface area contributed by atoms with E-state index in [4.69, 9.17) is 0 Å². The number of hydrogen-bond acceptors (Lipinski definition) is 1. The number of rotatable bonds is 5. The van der Waals surface area contributed by atoms with E-state index in [9.17, 15) is 4.79 Å². The number of hydrogen-bond donors (Lipinski definition) is 2. The molecule has 0 spiro atoms. The van der Waals surface area contributed by atoms with Gasteiger partial charge >= 0.3 is 6.03 Å². The van der Waals surface area contributed by atoms with Crippen LogP contribution in [0.15, 0.2) is 30.3 Å². The largest absolute Gasteiger partial charge is 0.333 e. The number of carbonyl (C=O) groups excluding carboxylic acids is 1. The Balaban J connectivity index is 2.54. The summed E-state index contributed by atoms with van der Waals surface area (Å²) in [4.78, 5) is 11.8. The van der Waals surface area contributed by atoms with Crippen molar-refractivity contribution in [3.05, 3.63) is 30.3 Å². The molecule has 0 aromatic heterocycles. The summed E-state index contributed by atoms with van der Waals surface area (Å²) in [7, 11) is 0. The Morgan fingerprint density at radius 1 is 1.24 bits per heavy atom. The molecular formula is C14H22N2O. The molecule has 0 radical (unpaired) electrons. The fourth-order valence-corrected chi connectivity index (χ4v) is 1.84. The van der Waals surface area contributed by atoms with Gasteiger partial charge in [0.2, 0.25) is 0 Å². The molecule has 94 valence electrons. The number of carbonyl (C=O) groups is 1. The molecular weight excluding hydrogens is 212 g/mol. The molecule has 3 heteroatoms. The number of benzene rings is 1. The van der Waals surface area contributed by atoms with Gasteiger partial charge in [-0.25, -0.2) is 4.79 Å². The highest BCUT2D eigenvalue weighted by Gasteiger charge is 2.22. The Morgan fingerprint density at radius 2 is 1.88 bits per heavy atom. The van der Waals surface area contributed by atoms with Crippen LogP contribution in [-0.2, 0) is 0 Å². The summed E-state index contributed by atoms with van der Waals surface area (Å²) in [6.07, 6.45) is 2.99. The molecule has 1 aromatic carbocycles. The Labute approximate surface area is 104 Å². The van der Waals surface area contributed by atoms with Gasteiger partial charge in [-0.2, -0.15) is 0 Å². The first-order valence-corrected chi connectivity index (χ1v) is 6.24. The lowest BCUT2D eigenvalue weighted by atomic mass is 9.93. The molecule has 1 aromatic rings. The van der Waals surface area contributed by atoms with Gasteiger partial charge in [-0.15, -0.1) is 0 Å². The fourth-order valence-electron chi connectivity index (χ4n) is 1.84. The highest BCUT2D eigenvalue weighted by atomic mass is 16.2. The van der Waals surface area contributed by atoms with E-state index >= 15 is 0 Å². The van der Waals surface area contributed by atoms with Gasteiger partial charge in [-0.1, -0.05) is 38.5 Å². The van der Waals surface area contributed by atoms with Crippen LogP contribution in [0.25, 0.3) is 0 Å². The highest BCUT2D eigenvalue weighted by Crippen LogP contribution is 2.16. The van der Waals surface area contributed by atoms with E-state index in [1.807, 2.05) is 30.3 Å². The number of anilines is 1. The number of nitrogens with one attached hydrogen (secondary N) is 2. The van der Waals surface area contributed by atoms with Crippen LogP contribution in [-0.4, -0.2) is 11.6 Å². The van der Waals surface area contributed by atoms with Crippen LogP contribution in [0.4, 0.5) is 10.5 Å². The molecule has 2 amide bonds. The maximum absolute atomic E-state index is 11.8. The Morgan fingerprint density at radius 3 is 2.41 bits per heavy atom. The van der Waals surface area contributed by atoms with Crippen LogP contribution < -0.4 is 10.6 Å². The van der Waals surface area contributed by atoms with Crippen LogP contribution in [0.2, 0.25) is 0 Å². The Bertz CT molecular complexity index is 350. The van der Waals surface area contributed by atoms with Crippen LogP contribution in [0.1, 0.15) is 40.0 Å². The first-order valence-electron chi connectivity index (χ1n) is 6.24. The summed E-state index contributed by atoms with van der Waals surface area (Å²) in [6.45, 7) is 6.31. The average molecular weight is 234 g/mol. The van der Waals surface area contributed by atoms with E-state index in [2.05, 4.69) is 31.4 Å². The minimum atomic E-state index is -0.131. The third-order valence-corrected chi connectivity index (χ3v) is 3.03. The summed E-state index contributed by atoms with van der Waals surface area (Å²) in [5.74, 6) is 0. The molecule has 2 N–H and O–H groups in total. The first-order chi connectivity index (χ1) is 8.09. The molecule has 1 unspecified atom stereocenters. The van der Waals surface area contributed by atoms with Crippen molar-refractivity contribution < 1.29 is 4.79 Å². The lowest BCUT2D eigenvalue weighted by molar-refractivity contribution is 0.234. The van der Waals surface area contributed by atoms with Crippen LogP contribution >= 0.6 is 0 Å². The van der Waals surface area contributed by atoms with Crippen molar-refractivity contribution in [1.82, 2.24) is 5.32 Å². The van der Waals surface area contributed by atoms with Crippen LogP contribution in [0.3, 0.4) is 0 Å². The summed E-state index contributed by atoms with van der Waals surface area (Å²) in [5.41, 5.74) is 0.702. The van der Waals surface area contributed by atoms with Gasteiger partial charge < -0.3 is 10.6 Å². The molecule has 0 aliphatic heterocycles. The quantitative estimate of drug-likeness (QED) is 0.799. The topological polar surface area (TPSA) is 41.1 Å². The smallest absolute Gasteiger partial charge is 0.319 e. The van der Waals surface area contributed by atoms with Gasteiger partial charge in [0.1, 0.15) is 0 Å². The minimum Gasteiger partial charge on any atom is -0.333 e. The zero-order valence-corrected chi connectivity index (χ0v) is 10.9. The maximum Gasteiger partial charge on any atom is 0.319 e. The molecule has 1 rings (SSSR count). The summed E-state index contributed by atoms with van der Waals surface area (Å²) in [5, 5.41) is 5.88. The molecule has 0 aliphatic carbocycles. The summed E-state index contributed by atoms with van der Waals surface area (Å²) < 4.78 is 0. The minimum absolute atomic E-state index is 0.117. The third-order valence-electron chi connectivity index (χ3n) is 3.03. The monoisotopic (exact) mass is 234 g/mol. The Kier molecular flexibility index (Phi) is 5.01. The molecule has 17 heavy (non-hydrogen) atoms. The summed E-state index contributed by atoms with van der Waals surface area (Å²) >= 11 is 0. The lowest BCUT2D eigenvalue weighted by Crippen LogP contribution is -2.47. The summed E-state index contributed by atoms with van der Waals surface area (Å²) in [6, 6.07) is 9.36. The second-order valence-corrected chi connectivity index (χ2v) is 4.61. The maximum atomic E-state index is 11.8. The van der Waals surface area contributed by atoms with Crippen molar-refractivity contribution in [3.8, 4) is 0 Å². The van der Waals surface area contributed by atoms with Crippen LogP contribution in [0.5, 0.6) is 0 Å². The Hall–Kier alpha value is -1.51. The van der Waals surface area contributed by atoms with Crippen molar-refractivity contribution in [3.63, 3.8) is 0 Å². The second kappa shape index (κ2) is 6.28. The SMILES string of the molecule is CCCC(C)(CC)NC(=O)Nc1ccccc1. The van der Waals surface area contributed by atoms with Gasteiger partial charge in [0.25, 0.3) is 0 Å². The van der Waals surface area contributed by atoms with Gasteiger partial charge in [0, 0.05) is 11.2 Å². The molecule has 0 saturated heterocycles. The van der Waals surface area contributed by atoms with Gasteiger partial charge in [0.05, 0.1) is 0 Å². The number of amides is 2. The molecule has 0 bridgehead atoms. The van der Waals surface area contributed by atoms with E-state index in [1.165, 1.54) is 0 Å².